The fourth-order valence-electron chi connectivity index (χ4n) is 0. The van der Waals surface area contributed by atoms with E-state index in [-0.39, 0.29) is 31.0 Å². The van der Waals surface area contributed by atoms with Crippen molar-refractivity contribution in [2.75, 3.05) is 0 Å². The van der Waals surface area contributed by atoms with Gasteiger partial charge in [0.25, 0.3) is 0 Å². The topological polar surface area (TPSA) is 37.3 Å². The summed E-state index contributed by atoms with van der Waals surface area (Å²) >= 11 is 5.01. The molecule has 38 valence electrons. The Bertz CT molecular complexity index is 68.3. The van der Waals surface area contributed by atoms with Gasteiger partial charge >= 0.3 is 35.5 Å². The Balaban J connectivity index is -0.000000125. The molecule has 0 amide bonds. The summed E-state index contributed by atoms with van der Waals surface area (Å²) < 4.78 is 0. The van der Waals surface area contributed by atoms with Crippen molar-refractivity contribution in [1.29, 1.82) is 0 Å². The second kappa shape index (κ2) is 4.91. The summed E-state index contributed by atoms with van der Waals surface area (Å²) in [5.41, 5.74) is 0. The molecule has 0 aliphatic rings. The number of carbonyl (C=O) groups is 1. The zero-order valence-electron chi connectivity index (χ0n) is 5.31. The Morgan fingerprint density at radius 3 is 2.14 bits per heavy atom. The first-order chi connectivity index (χ1) is 2.64. The molecule has 1 unspecified atom stereocenters. The predicted molar refractivity (Wildman–Crippen MR) is 24.1 cm³/mol. The molecule has 0 aromatic heterocycles. The van der Waals surface area contributed by atoms with Gasteiger partial charge in [-0.1, -0.05) is 0 Å². The van der Waals surface area contributed by atoms with Gasteiger partial charge in [-0.25, -0.2) is 0 Å². The van der Waals surface area contributed by atoms with E-state index < -0.39 is 11.3 Å². The Morgan fingerprint density at radius 1 is 2.00 bits per heavy atom. The fourth-order valence-corrected chi connectivity index (χ4v) is 0. The number of hydrogen-bond donors (Lipinski definition) is 1. The van der Waals surface area contributed by atoms with Gasteiger partial charge in [0.15, 0.2) is 0 Å². The van der Waals surface area contributed by atoms with Gasteiger partial charge in [0.1, 0.15) is 5.38 Å². The molecule has 0 aliphatic heterocycles. The van der Waals surface area contributed by atoms with E-state index in [9.17, 15) is 4.79 Å². The van der Waals surface area contributed by atoms with E-state index in [1.165, 1.54) is 6.92 Å². The maximum absolute atomic E-state index is 9.57. The van der Waals surface area contributed by atoms with Crippen LogP contribution in [0.4, 0.5) is 0 Å². The Kier molecular flexibility index (Phi) is 7.49. The van der Waals surface area contributed by atoms with Crippen LogP contribution >= 0.6 is 11.6 Å². The minimum atomic E-state index is -0.975. The van der Waals surface area contributed by atoms with Gasteiger partial charge in [0.05, 0.1) is 0 Å². The average molecular weight is 133 g/mol. The molecule has 0 fully saturated rings. The van der Waals surface area contributed by atoms with Crippen LogP contribution in [0.3, 0.4) is 0 Å². The fraction of sp³-hybridized carbons (Fsp3) is 0.667. The number of carboxylic acid groups (broad SMARTS) is 1. The Hall–Kier alpha value is 0.760. The van der Waals surface area contributed by atoms with Crippen LogP contribution in [0.1, 0.15) is 8.35 Å². The monoisotopic (exact) mass is 132 g/mol. The maximum Gasteiger partial charge on any atom is 1.00 e. The van der Waals surface area contributed by atoms with Crippen LogP contribution in [0, 0.1) is 0 Å². The van der Waals surface area contributed by atoms with E-state index >= 15 is 0 Å². The van der Waals surface area contributed by atoms with Crippen molar-refractivity contribution in [3.05, 3.63) is 0 Å². The van der Waals surface area contributed by atoms with Crippen molar-refractivity contribution in [3.63, 3.8) is 0 Å². The summed E-state index contributed by atoms with van der Waals surface area (Å²) in [7, 11) is 0. The number of aliphatic carboxylic acids is 1. The van der Waals surface area contributed by atoms with Crippen LogP contribution < -0.4 is 29.6 Å². The zero-order valence-corrected chi connectivity index (χ0v) is 7.07. The summed E-state index contributed by atoms with van der Waals surface area (Å²) in [6, 6.07) is 0. The number of carboxylic acids is 1. The molecule has 2 nitrogen and oxygen atoms in total. The first-order valence-electron chi connectivity index (χ1n) is 1.51. The first kappa shape index (κ1) is 10.7. The summed E-state index contributed by atoms with van der Waals surface area (Å²) in [5, 5.41) is 7.10. The summed E-state index contributed by atoms with van der Waals surface area (Å²) in [5.74, 6) is -0.975. The minimum Gasteiger partial charge on any atom is -1.00 e. The molecule has 1 N–H and O–H groups in total. The van der Waals surface area contributed by atoms with Crippen molar-refractivity contribution >= 4 is 17.6 Å². The molecule has 0 aromatic carbocycles. The van der Waals surface area contributed by atoms with Gasteiger partial charge < -0.3 is 6.53 Å². The number of rotatable bonds is 1. The Labute approximate surface area is 70.6 Å². The third-order valence-electron chi connectivity index (χ3n) is 0.340. The molecule has 0 saturated carbocycles. The molecule has 1 atom stereocenters. The van der Waals surface area contributed by atoms with Crippen molar-refractivity contribution in [3.8, 4) is 0 Å². The molecular formula is C3H6ClNaO2. The van der Waals surface area contributed by atoms with E-state index in [0.29, 0.717) is 0 Å². The largest absolute Gasteiger partial charge is 1.00 e. The number of hydrogen-bond acceptors (Lipinski definition) is 1. The number of alkyl halides is 1. The van der Waals surface area contributed by atoms with Crippen LogP contribution in [-0.4, -0.2) is 16.5 Å². The molecule has 0 saturated heterocycles. The van der Waals surface area contributed by atoms with Crippen molar-refractivity contribution in [2.45, 2.75) is 12.3 Å². The van der Waals surface area contributed by atoms with Gasteiger partial charge in [0.2, 0.25) is 0 Å². The second-order valence-electron chi connectivity index (χ2n) is 0.954. The minimum absolute atomic E-state index is 0. The second-order valence-corrected chi connectivity index (χ2v) is 1.61. The van der Waals surface area contributed by atoms with Gasteiger partial charge in [-0.2, -0.15) is 0 Å². The average Bonchev–Trinajstić information content (AvgIpc) is 1.36. The van der Waals surface area contributed by atoms with E-state index in [1.54, 1.807) is 0 Å². The maximum atomic E-state index is 9.57. The van der Waals surface area contributed by atoms with Crippen LogP contribution in [0.15, 0.2) is 0 Å². The SMILES string of the molecule is CC(Cl)C(=O)O.[H-].[Na+]. The normalized spacial score (nSPS) is 11.7. The van der Waals surface area contributed by atoms with E-state index in [1.807, 2.05) is 0 Å². The van der Waals surface area contributed by atoms with Gasteiger partial charge in [0, 0.05) is 0 Å². The van der Waals surface area contributed by atoms with Crippen molar-refractivity contribution in [2.24, 2.45) is 0 Å². The molecule has 4 heteroatoms. The van der Waals surface area contributed by atoms with Crippen LogP contribution in [0.2, 0.25) is 0 Å². The molecule has 0 aromatic rings. The molecule has 0 rings (SSSR count). The summed E-state index contributed by atoms with van der Waals surface area (Å²) in [6.07, 6.45) is 0. The first-order valence-corrected chi connectivity index (χ1v) is 1.95. The summed E-state index contributed by atoms with van der Waals surface area (Å²) in [6.45, 7) is 1.41. The van der Waals surface area contributed by atoms with Gasteiger partial charge in [-0.3, -0.25) is 4.79 Å². The van der Waals surface area contributed by atoms with Crippen molar-refractivity contribution < 1.29 is 40.9 Å². The Morgan fingerprint density at radius 2 is 2.14 bits per heavy atom. The molecule has 0 spiro atoms. The third-order valence-corrected chi connectivity index (χ3v) is 0.527. The van der Waals surface area contributed by atoms with Gasteiger partial charge in [-0.05, 0) is 6.92 Å². The number of halogens is 1. The predicted octanol–water partition coefficient (Wildman–Crippen LogP) is -2.19. The molecule has 0 heterocycles. The third kappa shape index (κ3) is 6.76. The zero-order chi connectivity index (χ0) is 5.15. The van der Waals surface area contributed by atoms with Crippen LogP contribution in [0.25, 0.3) is 0 Å². The molecule has 0 bridgehead atoms. The van der Waals surface area contributed by atoms with Crippen molar-refractivity contribution in [1.82, 2.24) is 0 Å². The quantitative estimate of drug-likeness (QED) is 0.325. The van der Waals surface area contributed by atoms with E-state index in [4.69, 9.17) is 16.7 Å². The smallest absolute Gasteiger partial charge is 1.00 e. The van der Waals surface area contributed by atoms with Crippen LogP contribution in [0.5, 0.6) is 0 Å². The van der Waals surface area contributed by atoms with Gasteiger partial charge in [-0.15, -0.1) is 11.6 Å². The molecule has 7 heavy (non-hydrogen) atoms. The van der Waals surface area contributed by atoms with Crippen LogP contribution in [-0.2, 0) is 4.79 Å². The van der Waals surface area contributed by atoms with E-state index in [2.05, 4.69) is 0 Å². The van der Waals surface area contributed by atoms with E-state index in [0.717, 1.165) is 0 Å². The molecule has 0 radical (unpaired) electrons. The molecular weight excluding hydrogens is 126 g/mol. The standard InChI is InChI=1S/C3H5ClO2.Na.H/c1-2(4)3(5)6;;/h2H,1H3,(H,5,6);;/q;+1;-1. The summed E-state index contributed by atoms with van der Waals surface area (Å²) in [4.78, 5) is 9.57. The molecule has 0 aliphatic carbocycles.